The summed E-state index contributed by atoms with van der Waals surface area (Å²) in [6, 6.07) is 17.3. The second-order valence-electron chi connectivity index (χ2n) is 13.3. The molecule has 8 nitrogen and oxygen atoms in total. The number of likely N-dealkylation sites (tertiary alicyclic amines) is 3. The minimum absolute atomic E-state index is 0.00264. The van der Waals surface area contributed by atoms with Crippen LogP contribution in [-0.2, 0) is 25.9 Å². The number of carbonyl (C=O) groups is 2. The van der Waals surface area contributed by atoms with Gasteiger partial charge in [0.05, 0.1) is 4.90 Å². The van der Waals surface area contributed by atoms with Crippen molar-refractivity contribution in [1.82, 2.24) is 14.7 Å². The fraction of sp³-hybridized carbons (Fsp3) is 0.562. The van der Waals surface area contributed by atoms with Crippen molar-refractivity contribution < 1.29 is 22.7 Å². The van der Waals surface area contributed by atoms with Gasteiger partial charge in [-0.05, 0) is 81.3 Å². The number of nitrogens with zero attached hydrogens (tertiary/aromatic N) is 3. The summed E-state index contributed by atoms with van der Waals surface area (Å²) in [6.45, 7) is 11.1. The van der Waals surface area contributed by atoms with E-state index in [9.17, 15) is 18.0 Å². The molecule has 2 aromatic carbocycles. The zero-order valence-corrected chi connectivity index (χ0v) is 25.5. The zero-order valence-electron chi connectivity index (χ0n) is 24.7. The van der Waals surface area contributed by atoms with Crippen LogP contribution in [0.2, 0.25) is 0 Å². The number of carbonyl (C=O) groups excluding carboxylic acids is 2. The molecular weight excluding hydrogens is 538 g/mol. The van der Waals surface area contributed by atoms with Crippen molar-refractivity contribution in [3.05, 3.63) is 65.7 Å². The van der Waals surface area contributed by atoms with Gasteiger partial charge in [-0.2, -0.15) is 0 Å². The summed E-state index contributed by atoms with van der Waals surface area (Å²) in [5.41, 5.74) is 1.68. The molecule has 3 heterocycles. The molecule has 3 saturated heterocycles. The van der Waals surface area contributed by atoms with E-state index in [-0.39, 0.29) is 23.3 Å². The Balaban J connectivity index is 1.19. The lowest BCUT2D eigenvalue weighted by Crippen LogP contribution is -2.44. The maximum Gasteiger partial charge on any atom is 0.410 e. The van der Waals surface area contributed by atoms with Gasteiger partial charge in [-0.1, -0.05) is 42.5 Å². The van der Waals surface area contributed by atoms with Gasteiger partial charge in [-0.25, -0.2) is 13.2 Å². The van der Waals surface area contributed by atoms with Crippen LogP contribution in [0.5, 0.6) is 0 Å². The summed E-state index contributed by atoms with van der Waals surface area (Å²) < 4.78 is 29.2. The summed E-state index contributed by atoms with van der Waals surface area (Å²) in [5.74, 6) is 0.756. The number of rotatable bonds is 6. The molecule has 0 saturated carbocycles. The number of benzene rings is 2. The Kier molecular flexibility index (Phi) is 8.23. The van der Waals surface area contributed by atoms with Crippen LogP contribution >= 0.6 is 0 Å². The van der Waals surface area contributed by atoms with Gasteiger partial charge in [0.1, 0.15) is 5.60 Å². The minimum Gasteiger partial charge on any atom is -0.444 e. The fourth-order valence-corrected chi connectivity index (χ4v) is 7.30. The third kappa shape index (κ3) is 7.12. The van der Waals surface area contributed by atoms with Crippen LogP contribution < -0.4 is 0 Å². The van der Waals surface area contributed by atoms with Crippen LogP contribution in [0, 0.1) is 11.3 Å². The molecule has 1 spiro atoms. The topological polar surface area (TPSA) is 87.2 Å². The number of hydrogen-bond donors (Lipinski definition) is 0. The number of hydrogen-bond acceptors (Lipinski definition) is 6. The number of ether oxygens (including phenoxy) is 1. The second kappa shape index (κ2) is 11.4. The Bertz CT molecular complexity index is 1350. The van der Waals surface area contributed by atoms with Gasteiger partial charge < -0.3 is 19.4 Å². The van der Waals surface area contributed by atoms with Gasteiger partial charge in [0.25, 0.3) is 0 Å². The first-order valence-electron chi connectivity index (χ1n) is 14.6. The van der Waals surface area contributed by atoms with Crippen LogP contribution in [0.4, 0.5) is 4.79 Å². The van der Waals surface area contributed by atoms with Crippen LogP contribution in [0.1, 0.15) is 57.1 Å². The maximum atomic E-state index is 13.0. The monoisotopic (exact) mass is 581 g/mol. The first-order valence-corrected chi connectivity index (χ1v) is 16.5. The van der Waals surface area contributed by atoms with Crippen molar-refractivity contribution in [2.45, 2.75) is 63.0 Å². The molecular formula is C32H43N3O5S. The predicted molar refractivity (Wildman–Crippen MR) is 158 cm³/mol. The third-order valence-corrected chi connectivity index (χ3v) is 9.99. The number of sulfone groups is 1. The van der Waals surface area contributed by atoms with Gasteiger partial charge in [0, 0.05) is 51.3 Å². The van der Waals surface area contributed by atoms with E-state index in [1.165, 1.54) is 11.8 Å². The maximum absolute atomic E-state index is 13.0. The van der Waals surface area contributed by atoms with Crippen LogP contribution in [0.3, 0.4) is 0 Å². The van der Waals surface area contributed by atoms with Gasteiger partial charge in [0.15, 0.2) is 9.84 Å². The van der Waals surface area contributed by atoms with Crippen LogP contribution in [-0.4, -0.2) is 86.2 Å². The number of piperidine rings is 1. The molecule has 3 aliphatic heterocycles. The van der Waals surface area contributed by atoms with E-state index in [0.717, 1.165) is 44.6 Å². The zero-order chi connectivity index (χ0) is 29.4. The first-order chi connectivity index (χ1) is 19.3. The SMILES string of the molecule is CC(C)(C)OC(=O)N1C[C@H](CN2CCC3(CC2)CC(=O)N(Cc2ccc(S(C)(=O)=O)cc2)C3)[C@@H](c2ccccc2)C1. The molecule has 0 N–H and O–H groups in total. The lowest BCUT2D eigenvalue weighted by Gasteiger charge is -2.40. The normalized spacial score (nSPS) is 23.4. The van der Waals surface area contributed by atoms with Crippen LogP contribution in [0.25, 0.3) is 0 Å². The van der Waals surface area contributed by atoms with Crippen molar-refractivity contribution in [3.63, 3.8) is 0 Å². The minimum atomic E-state index is -3.24. The van der Waals surface area contributed by atoms with Crippen molar-refractivity contribution >= 4 is 21.8 Å². The van der Waals surface area contributed by atoms with Crippen LogP contribution in [0.15, 0.2) is 59.5 Å². The van der Waals surface area contributed by atoms with E-state index in [1.54, 1.807) is 12.1 Å². The van der Waals surface area contributed by atoms with E-state index in [0.29, 0.717) is 36.9 Å². The molecule has 2 atom stereocenters. The molecule has 0 bridgehead atoms. The molecule has 3 aliphatic rings. The molecule has 0 aliphatic carbocycles. The first kappa shape index (κ1) is 29.6. The molecule has 41 heavy (non-hydrogen) atoms. The molecule has 222 valence electrons. The highest BCUT2D eigenvalue weighted by molar-refractivity contribution is 7.90. The number of amides is 2. The van der Waals surface area contributed by atoms with Gasteiger partial charge >= 0.3 is 6.09 Å². The molecule has 0 unspecified atom stereocenters. The third-order valence-electron chi connectivity index (χ3n) is 8.86. The predicted octanol–water partition coefficient (Wildman–Crippen LogP) is 4.56. The Morgan fingerprint density at radius 2 is 1.66 bits per heavy atom. The Morgan fingerprint density at radius 1 is 1.00 bits per heavy atom. The second-order valence-corrected chi connectivity index (χ2v) is 15.3. The quantitative estimate of drug-likeness (QED) is 0.497. The smallest absolute Gasteiger partial charge is 0.410 e. The van der Waals surface area contributed by atoms with E-state index in [4.69, 9.17) is 4.74 Å². The van der Waals surface area contributed by atoms with Crippen molar-refractivity contribution in [2.24, 2.45) is 11.3 Å². The average Bonchev–Trinajstić information content (AvgIpc) is 3.46. The Morgan fingerprint density at radius 3 is 2.27 bits per heavy atom. The molecule has 2 aromatic rings. The lowest BCUT2D eigenvalue weighted by atomic mass is 9.77. The van der Waals surface area contributed by atoms with E-state index in [1.807, 2.05) is 48.8 Å². The summed E-state index contributed by atoms with van der Waals surface area (Å²) in [7, 11) is -3.24. The summed E-state index contributed by atoms with van der Waals surface area (Å²) in [6.07, 6.45) is 3.48. The summed E-state index contributed by atoms with van der Waals surface area (Å²) >= 11 is 0. The molecule has 9 heteroatoms. The summed E-state index contributed by atoms with van der Waals surface area (Å²) in [5, 5.41) is 0. The summed E-state index contributed by atoms with van der Waals surface area (Å²) in [4.78, 5) is 32.5. The molecule has 2 amide bonds. The van der Waals surface area contributed by atoms with E-state index >= 15 is 0 Å². The molecule has 0 radical (unpaired) electrons. The van der Waals surface area contributed by atoms with Crippen molar-refractivity contribution in [2.75, 3.05) is 45.5 Å². The Hall–Kier alpha value is -2.91. The van der Waals surface area contributed by atoms with E-state index < -0.39 is 15.4 Å². The van der Waals surface area contributed by atoms with Gasteiger partial charge in [-0.15, -0.1) is 0 Å². The highest BCUT2D eigenvalue weighted by Gasteiger charge is 2.46. The van der Waals surface area contributed by atoms with Gasteiger partial charge in [0.2, 0.25) is 5.91 Å². The van der Waals surface area contributed by atoms with Gasteiger partial charge in [-0.3, -0.25) is 4.79 Å². The highest BCUT2D eigenvalue weighted by atomic mass is 32.2. The molecule has 5 rings (SSSR count). The lowest BCUT2D eigenvalue weighted by molar-refractivity contribution is -0.128. The largest absolute Gasteiger partial charge is 0.444 e. The van der Waals surface area contributed by atoms with Crippen molar-refractivity contribution in [3.8, 4) is 0 Å². The van der Waals surface area contributed by atoms with Crippen molar-refractivity contribution in [1.29, 1.82) is 0 Å². The molecule has 0 aromatic heterocycles. The fourth-order valence-electron chi connectivity index (χ4n) is 6.67. The Labute approximate surface area is 244 Å². The molecule has 3 fully saturated rings. The highest BCUT2D eigenvalue weighted by Crippen LogP contribution is 2.42. The van der Waals surface area contributed by atoms with E-state index in [2.05, 4.69) is 29.2 Å². The standard InChI is InChI=1S/C32H43N3O5S/c1-31(2,3)40-30(37)34-21-26(28(22-34)25-8-6-5-7-9-25)20-33-16-14-32(15-17-33)18-29(36)35(23-32)19-24-10-12-27(13-11-24)41(4,38)39/h5-13,26,28H,14-23H2,1-4H3/t26-,28+/m0/s1. The average molecular weight is 582 g/mol.